The number of rotatable bonds is 21. The number of hydrogen-bond donors (Lipinski definition) is 3. The molecule has 15 heteroatoms. The van der Waals surface area contributed by atoms with Gasteiger partial charge in [0.2, 0.25) is 23.6 Å². The summed E-state index contributed by atoms with van der Waals surface area (Å²) in [6, 6.07) is 6.82. The molecule has 0 aromatic heterocycles. The number of carbonyl (C=O) groups excluding carboxylic acids is 5. The van der Waals surface area contributed by atoms with Crippen molar-refractivity contribution in [1.82, 2.24) is 35.6 Å². The van der Waals surface area contributed by atoms with Crippen LogP contribution in [-0.2, 0) is 33.4 Å². The fourth-order valence-corrected chi connectivity index (χ4v) is 9.16. The average molecular weight is 858 g/mol. The Hall–Kier alpha value is -3.79. The highest BCUT2D eigenvalue weighted by molar-refractivity contribution is 5.90. The van der Waals surface area contributed by atoms with E-state index in [1.807, 2.05) is 97.8 Å². The number of nitrogens with zero attached hydrogens (tertiary/aromatic N) is 4. The van der Waals surface area contributed by atoms with Gasteiger partial charge in [-0.25, -0.2) is 4.79 Å². The van der Waals surface area contributed by atoms with Gasteiger partial charge in [0.1, 0.15) is 12.1 Å². The number of carbonyl (C=O) groups is 5. The number of likely N-dealkylation sites (tertiary alicyclic amines) is 1. The first-order chi connectivity index (χ1) is 28.9. The Morgan fingerprint density at radius 1 is 0.836 bits per heavy atom. The third kappa shape index (κ3) is 13.8. The maximum absolute atomic E-state index is 14.4. The summed E-state index contributed by atoms with van der Waals surface area (Å²) >= 11 is 0. The maximum Gasteiger partial charge on any atom is 0.410 e. The van der Waals surface area contributed by atoms with Gasteiger partial charge in [0, 0.05) is 47.4 Å². The zero-order valence-electron chi connectivity index (χ0n) is 39.4. The van der Waals surface area contributed by atoms with Gasteiger partial charge in [-0.1, -0.05) is 85.2 Å². The van der Waals surface area contributed by atoms with Gasteiger partial charge in [0.15, 0.2) is 0 Å². The van der Waals surface area contributed by atoms with E-state index >= 15 is 0 Å². The number of likely N-dealkylation sites (N-methyl/N-ethyl adjacent to an activating group) is 2. The number of nitrogens with one attached hydrogen (secondary N) is 3. The van der Waals surface area contributed by atoms with Crippen molar-refractivity contribution >= 4 is 29.7 Å². The predicted octanol–water partition coefficient (Wildman–Crippen LogP) is 4.31. The minimum atomic E-state index is -0.772. The molecule has 2 heterocycles. The second-order valence-corrected chi connectivity index (χ2v) is 18.1. The van der Waals surface area contributed by atoms with Crippen LogP contribution in [0.25, 0.3) is 0 Å². The molecule has 346 valence electrons. The number of methoxy groups -OCH3 is 2. The Balaban J connectivity index is 1.78. The summed E-state index contributed by atoms with van der Waals surface area (Å²) in [5.74, 6) is -1.71. The van der Waals surface area contributed by atoms with E-state index in [4.69, 9.17) is 14.2 Å². The van der Waals surface area contributed by atoms with E-state index in [1.54, 1.807) is 42.9 Å². The monoisotopic (exact) mass is 858 g/mol. The smallest absolute Gasteiger partial charge is 0.410 e. The first-order valence-corrected chi connectivity index (χ1v) is 22.5. The van der Waals surface area contributed by atoms with Crippen molar-refractivity contribution < 1.29 is 38.2 Å². The molecule has 2 aliphatic heterocycles. The standard InChI is InChI=1S/C46H79N7O8/c1-14-31(6)40(51(11)45(57)38(29(2)3)49-44(56)39(30(4)5)50(9)10)36(59-12)28-37(54)53-26-18-22-35(53)41(60-13)32(7)43(55)48-33(8)42(34-20-16-15-17-21-34)61-46(58)52-25-19-23-47-24-27-52/h15-17,20-21,29-33,35-36,38-42,47H,14,18-19,22-28H2,1-13H3,(H,48,55)(H,49,56)/t31-,32+,33+,35-,36?,38-,39?,40-,41+,42+/m0/s1. The van der Waals surface area contributed by atoms with Crippen LogP contribution in [0, 0.1) is 23.7 Å². The molecular formula is C46H79N7O8. The molecule has 15 nitrogen and oxygen atoms in total. The van der Waals surface area contributed by atoms with Gasteiger partial charge in [-0.2, -0.15) is 0 Å². The van der Waals surface area contributed by atoms with Gasteiger partial charge < -0.3 is 44.9 Å². The number of amides is 5. The summed E-state index contributed by atoms with van der Waals surface area (Å²) in [4.78, 5) is 76.7. The normalized spacial score (nSPS) is 20.5. The number of benzene rings is 1. The lowest BCUT2D eigenvalue weighted by atomic mass is 9.89. The van der Waals surface area contributed by atoms with Crippen LogP contribution < -0.4 is 16.0 Å². The molecule has 0 radical (unpaired) electrons. The van der Waals surface area contributed by atoms with Crippen LogP contribution >= 0.6 is 0 Å². The SMILES string of the molecule is CC[C@H](C)[C@@H](C(CC(=O)N1CCC[C@H]1[C@H](OC)[C@@H](C)C(=O)N[C@H](C)[C@@H](OC(=O)N1CCCNCC1)c1ccccc1)OC)N(C)C(=O)[C@@H](NC(=O)C(C(C)C)N(C)C)C(C)C. The average Bonchev–Trinajstić information content (AvgIpc) is 3.54. The van der Waals surface area contributed by atoms with Gasteiger partial charge >= 0.3 is 6.09 Å². The van der Waals surface area contributed by atoms with Crippen LogP contribution in [0.1, 0.15) is 99.2 Å². The Labute approximate surface area is 366 Å². The van der Waals surface area contributed by atoms with Gasteiger partial charge in [-0.3, -0.25) is 24.1 Å². The largest absolute Gasteiger partial charge is 0.439 e. The lowest BCUT2D eigenvalue weighted by Gasteiger charge is -2.41. The predicted molar refractivity (Wildman–Crippen MR) is 238 cm³/mol. The van der Waals surface area contributed by atoms with Crippen LogP contribution in [-0.4, -0.2) is 160 Å². The Morgan fingerprint density at radius 3 is 2.08 bits per heavy atom. The van der Waals surface area contributed by atoms with Crippen molar-refractivity contribution in [2.45, 2.75) is 136 Å². The van der Waals surface area contributed by atoms with Crippen molar-refractivity contribution in [3.05, 3.63) is 35.9 Å². The minimum Gasteiger partial charge on any atom is -0.439 e. The molecule has 2 fully saturated rings. The topological polar surface area (TPSA) is 162 Å². The summed E-state index contributed by atoms with van der Waals surface area (Å²) in [5.41, 5.74) is 0.768. The van der Waals surface area contributed by atoms with Gasteiger partial charge in [-0.15, -0.1) is 0 Å². The third-order valence-corrected chi connectivity index (χ3v) is 12.7. The van der Waals surface area contributed by atoms with Crippen molar-refractivity contribution in [3.8, 4) is 0 Å². The quantitative estimate of drug-likeness (QED) is 0.163. The van der Waals surface area contributed by atoms with Crippen molar-refractivity contribution in [2.24, 2.45) is 23.7 Å². The van der Waals surface area contributed by atoms with E-state index in [2.05, 4.69) is 16.0 Å². The first-order valence-electron chi connectivity index (χ1n) is 22.5. The molecule has 3 rings (SSSR count). The number of hydrogen-bond acceptors (Lipinski definition) is 10. The highest BCUT2D eigenvalue weighted by Crippen LogP contribution is 2.30. The fraction of sp³-hybridized carbons (Fsp3) is 0.761. The lowest BCUT2D eigenvalue weighted by molar-refractivity contribution is -0.148. The lowest BCUT2D eigenvalue weighted by Crippen LogP contribution is -2.59. The van der Waals surface area contributed by atoms with E-state index in [1.165, 1.54) is 0 Å². The summed E-state index contributed by atoms with van der Waals surface area (Å²) < 4.78 is 18.2. The Kier molecular flexibility index (Phi) is 20.9. The molecule has 0 bridgehead atoms. The van der Waals surface area contributed by atoms with Gasteiger partial charge in [0.05, 0.1) is 48.7 Å². The summed E-state index contributed by atoms with van der Waals surface area (Å²) in [7, 11) is 8.58. The zero-order chi connectivity index (χ0) is 45.6. The molecule has 0 saturated carbocycles. The van der Waals surface area contributed by atoms with Gasteiger partial charge in [-0.05, 0) is 70.1 Å². The maximum atomic E-state index is 14.4. The fourth-order valence-electron chi connectivity index (χ4n) is 9.16. The first kappa shape index (κ1) is 51.6. The minimum absolute atomic E-state index is 0.0135. The molecule has 10 atom stereocenters. The molecule has 0 aliphatic carbocycles. The summed E-state index contributed by atoms with van der Waals surface area (Å²) in [5, 5.41) is 9.46. The van der Waals surface area contributed by atoms with E-state index < -0.39 is 54.5 Å². The summed E-state index contributed by atoms with van der Waals surface area (Å²) in [6.07, 6.45) is 0.540. The highest BCUT2D eigenvalue weighted by Gasteiger charge is 2.43. The third-order valence-electron chi connectivity index (χ3n) is 12.7. The second kappa shape index (κ2) is 24.7. The zero-order valence-corrected chi connectivity index (χ0v) is 39.4. The van der Waals surface area contributed by atoms with Crippen molar-refractivity contribution in [3.63, 3.8) is 0 Å². The van der Waals surface area contributed by atoms with E-state index in [-0.39, 0.29) is 53.8 Å². The van der Waals surface area contributed by atoms with Gasteiger partial charge in [0.25, 0.3) is 0 Å². The van der Waals surface area contributed by atoms with Crippen LogP contribution in [0.15, 0.2) is 30.3 Å². The molecule has 1 aromatic carbocycles. The van der Waals surface area contributed by atoms with Crippen LogP contribution in [0.5, 0.6) is 0 Å². The molecule has 5 amide bonds. The van der Waals surface area contributed by atoms with Crippen LogP contribution in [0.4, 0.5) is 4.79 Å². The highest BCUT2D eigenvalue weighted by atomic mass is 16.6. The van der Waals surface area contributed by atoms with Crippen molar-refractivity contribution in [1.29, 1.82) is 0 Å². The molecular weight excluding hydrogens is 779 g/mol. The van der Waals surface area contributed by atoms with Crippen molar-refractivity contribution in [2.75, 3.05) is 68.1 Å². The van der Waals surface area contributed by atoms with Crippen LogP contribution in [0.2, 0.25) is 0 Å². The van der Waals surface area contributed by atoms with Crippen LogP contribution in [0.3, 0.4) is 0 Å². The number of ether oxygens (including phenoxy) is 3. The molecule has 2 unspecified atom stereocenters. The van der Waals surface area contributed by atoms with E-state index in [0.29, 0.717) is 32.6 Å². The van der Waals surface area contributed by atoms with E-state index in [0.717, 1.165) is 31.4 Å². The Bertz CT molecular complexity index is 1530. The second-order valence-electron chi connectivity index (χ2n) is 18.1. The Morgan fingerprint density at radius 2 is 1.51 bits per heavy atom. The molecule has 2 aliphatic rings. The summed E-state index contributed by atoms with van der Waals surface area (Å²) in [6.45, 7) is 18.7. The molecule has 0 spiro atoms. The molecule has 2 saturated heterocycles. The molecule has 1 aromatic rings. The molecule has 3 N–H and O–H groups in total. The molecule has 61 heavy (non-hydrogen) atoms. The van der Waals surface area contributed by atoms with E-state index in [9.17, 15) is 24.0 Å².